The van der Waals surface area contributed by atoms with Crippen molar-refractivity contribution >= 4 is 34.7 Å². The monoisotopic (exact) mass is 431 g/mol. The minimum Gasteiger partial charge on any atom is -0.376 e. The molecule has 0 bridgehead atoms. The molecule has 0 radical (unpaired) electrons. The van der Waals surface area contributed by atoms with Gasteiger partial charge in [-0.3, -0.25) is 4.79 Å². The highest BCUT2D eigenvalue weighted by molar-refractivity contribution is 6.31. The number of anilines is 3. The molecule has 0 aliphatic rings. The van der Waals surface area contributed by atoms with Crippen LogP contribution < -0.4 is 16.0 Å². The summed E-state index contributed by atoms with van der Waals surface area (Å²) in [5, 5.41) is 9.11. The van der Waals surface area contributed by atoms with Gasteiger partial charge >= 0.3 is 0 Å². The Balaban J connectivity index is 1.65. The molecule has 0 saturated heterocycles. The van der Waals surface area contributed by atoms with Gasteiger partial charge in [0.1, 0.15) is 11.6 Å². The topological polar surface area (TPSA) is 78.9 Å². The van der Waals surface area contributed by atoms with Gasteiger partial charge in [0, 0.05) is 23.7 Å². The second-order valence-electron chi connectivity index (χ2n) is 6.41. The lowest BCUT2D eigenvalue weighted by atomic mass is 10.1. The number of carbonyl (C=O) groups excluding carboxylic acids is 1. The number of hydrogen-bond acceptors (Lipinski definition) is 5. The Morgan fingerprint density at radius 1 is 1.07 bits per heavy atom. The Labute approximate surface area is 177 Å². The van der Waals surface area contributed by atoms with E-state index in [1.165, 1.54) is 18.3 Å². The third kappa shape index (κ3) is 5.87. The second kappa shape index (κ2) is 9.98. The van der Waals surface area contributed by atoms with Crippen molar-refractivity contribution in [3.05, 3.63) is 76.7 Å². The van der Waals surface area contributed by atoms with Crippen molar-refractivity contribution in [3.63, 3.8) is 0 Å². The molecule has 2 heterocycles. The number of carbonyl (C=O) groups is 1. The van der Waals surface area contributed by atoms with E-state index in [2.05, 4.69) is 25.9 Å². The molecule has 1 aromatic carbocycles. The Kier molecular flexibility index (Phi) is 7.13. The number of nitrogens with zero attached hydrogens (tertiary/aromatic N) is 2. The molecule has 156 valence electrons. The van der Waals surface area contributed by atoms with Crippen molar-refractivity contribution in [1.29, 1.82) is 0 Å². The van der Waals surface area contributed by atoms with Crippen molar-refractivity contribution in [3.8, 4) is 0 Å². The zero-order valence-corrected chi connectivity index (χ0v) is 16.9. The predicted octanol–water partition coefficient (Wildman–Crippen LogP) is 4.48. The third-order valence-electron chi connectivity index (χ3n) is 4.14. The maximum Gasteiger partial charge on any atom is 0.243 e. The van der Waals surface area contributed by atoms with Gasteiger partial charge in [0.2, 0.25) is 11.9 Å². The van der Waals surface area contributed by atoms with Crippen LogP contribution in [0.4, 0.5) is 26.0 Å². The molecule has 0 unspecified atom stereocenters. The fourth-order valence-corrected chi connectivity index (χ4v) is 2.91. The Morgan fingerprint density at radius 3 is 2.60 bits per heavy atom. The molecule has 2 aromatic heterocycles. The van der Waals surface area contributed by atoms with Crippen molar-refractivity contribution in [2.75, 3.05) is 29.0 Å². The number of pyridine rings is 2. The van der Waals surface area contributed by atoms with Crippen LogP contribution >= 0.6 is 11.6 Å². The average Bonchev–Trinajstić information content (AvgIpc) is 2.73. The van der Waals surface area contributed by atoms with Crippen LogP contribution in [-0.2, 0) is 11.2 Å². The Bertz CT molecular complexity index is 1030. The molecule has 0 fully saturated rings. The van der Waals surface area contributed by atoms with Crippen LogP contribution in [0.1, 0.15) is 18.2 Å². The molecule has 3 N–H and O–H groups in total. The van der Waals surface area contributed by atoms with Crippen LogP contribution in [0.15, 0.2) is 48.7 Å². The fraction of sp³-hybridized carbons (Fsp3) is 0.190. The van der Waals surface area contributed by atoms with Gasteiger partial charge in [0.25, 0.3) is 0 Å². The molecule has 6 nitrogen and oxygen atoms in total. The standard InChI is InChI=1S/C21H20ClF2N5O/c1-2-25-20-8-6-17(23)18(29-20)10-13-9-14(3-5-16(13)22)26-12-21(30)28-15-4-7-19(24)27-11-15/h3-9,11,26H,2,10,12H2,1H3,(H,25,29)(H,28,30). The summed E-state index contributed by atoms with van der Waals surface area (Å²) < 4.78 is 27.0. The highest BCUT2D eigenvalue weighted by atomic mass is 35.5. The third-order valence-corrected chi connectivity index (χ3v) is 4.51. The molecule has 30 heavy (non-hydrogen) atoms. The Morgan fingerprint density at radius 2 is 1.87 bits per heavy atom. The van der Waals surface area contributed by atoms with Gasteiger partial charge in [-0.25, -0.2) is 14.4 Å². The number of rotatable bonds is 8. The van der Waals surface area contributed by atoms with Gasteiger partial charge < -0.3 is 16.0 Å². The van der Waals surface area contributed by atoms with Gasteiger partial charge in [-0.2, -0.15) is 4.39 Å². The van der Waals surface area contributed by atoms with Gasteiger partial charge in [0.05, 0.1) is 24.1 Å². The number of benzene rings is 1. The van der Waals surface area contributed by atoms with Gasteiger partial charge in [0.15, 0.2) is 0 Å². The number of amides is 1. The number of nitrogens with one attached hydrogen (secondary N) is 3. The van der Waals surface area contributed by atoms with Gasteiger partial charge in [-0.05, 0) is 55.0 Å². The average molecular weight is 432 g/mol. The lowest BCUT2D eigenvalue weighted by molar-refractivity contribution is -0.114. The van der Waals surface area contributed by atoms with E-state index in [9.17, 15) is 13.6 Å². The predicted molar refractivity (Wildman–Crippen MR) is 114 cm³/mol. The number of aromatic nitrogens is 2. The van der Waals surface area contributed by atoms with E-state index in [1.807, 2.05) is 6.92 Å². The van der Waals surface area contributed by atoms with Crippen LogP contribution in [0, 0.1) is 11.8 Å². The minimum atomic E-state index is -0.623. The van der Waals surface area contributed by atoms with Crippen LogP contribution in [0.3, 0.4) is 0 Å². The lowest BCUT2D eigenvalue weighted by Crippen LogP contribution is -2.21. The summed E-state index contributed by atoms with van der Waals surface area (Å²) in [6.07, 6.45) is 1.43. The van der Waals surface area contributed by atoms with Crippen LogP contribution in [-0.4, -0.2) is 29.0 Å². The first-order valence-corrected chi connectivity index (χ1v) is 9.65. The van der Waals surface area contributed by atoms with E-state index in [-0.39, 0.29) is 24.6 Å². The maximum atomic E-state index is 14.2. The highest BCUT2D eigenvalue weighted by Gasteiger charge is 2.11. The number of hydrogen-bond donors (Lipinski definition) is 3. The number of halogens is 3. The van der Waals surface area contributed by atoms with E-state index in [1.54, 1.807) is 24.3 Å². The molecule has 3 aromatic rings. The van der Waals surface area contributed by atoms with Crippen molar-refractivity contribution in [1.82, 2.24) is 9.97 Å². The maximum absolute atomic E-state index is 14.2. The van der Waals surface area contributed by atoms with E-state index >= 15 is 0 Å². The van der Waals surface area contributed by atoms with E-state index in [4.69, 9.17) is 11.6 Å². The lowest BCUT2D eigenvalue weighted by Gasteiger charge is -2.12. The molecule has 3 rings (SSSR count). The molecule has 0 spiro atoms. The summed E-state index contributed by atoms with van der Waals surface area (Å²) in [7, 11) is 0. The molecular weight excluding hydrogens is 412 g/mol. The zero-order valence-electron chi connectivity index (χ0n) is 16.2. The fourth-order valence-electron chi connectivity index (χ4n) is 2.73. The zero-order chi connectivity index (χ0) is 21.5. The summed E-state index contributed by atoms with van der Waals surface area (Å²) in [6.45, 7) is 2.58. The molecule has 0 saturated carbocycles. The molecule has 9 heteroatoms. The minimum absolute atomic E-state index is 0.0268. The van der Waals surface area contributed by atoms with Crippen LogP contribution in [0.5, 0.6) is 0 Å². The van der Waals surface area contributed by atoms with Gasteiger partial charge in [-0.15, -0.1) is 0 Å². The first kappa shape index (κ1) is 21.4. The summed E-state index contributed by atoms with van der Waals surface area (Å²) in [4.78, 5) is 19.8. The molecule has 0 aliphatic carbocycles. The van der Waals surface area contributed by atoms with Crippen molar-refractivity contribution < 1.29 is 13.6 Å². The van der Waals surface area contributed by atoms with Crippen molar-refractivity contribution in [2.45, 2.75) is 13.3 Å². The normalized spacial score (nSPS) is 10.5. The molecule has 1 amide bonds. The van der Waals surface area contributed by atoms with E-state index in [0.29, 0.717) is 34.3 Å². The van der Waals surface area contributed by atoms with Crippen LogP contribution in [0.2, 0.25) is 5.02 Å². The summed E-state index contributed by atoms with van der Waals surface area (Å²) in [5.41, 5.74) is 1.98. The Hall–Kier alpha value is -3.26. The van der Waals surface area contributed by atoms with E-state index in [0.717, 1.165) is 6.07 Å². The first-order chi connectivity index (χ1) is 14.4. The van der Waals surface area contributed by atoms with Crippen molar-refractivity contribution in [2.24, 2.45) is 0 Å². The quantitative estimate of drug-likeness (QED) is 0.458. The largest absolute Gasteiger partial charge is 0.376 e. The molecule has 0 atom stereocenters. The molecular formula is C21H20ClF2N5O. The summed E-state index contributed by atoms with van der Waals surface area (Å²) in [5.74, 6) is -0.780. The van der Waals surface area contributed by atoms with Gasteiger partial charge in [-0.1, -0.05) is 11.6 Å². The highest BCUT2D eigenvalue weighted by Crippen LogP contribution is 2.24. The summed E-state index contributed by atoms with van der Waals surface area (Å²) in [6, 6.07) is 10.7. The SMILES string of the molecule is CCNc1ccc(F)c(Cc2cc(NCC(=O)Nc3ccc(F)nc3)ccc2Cl)n1. The summed E-state index contributed by atoms with van der Waals surface area (Å²) >= 11 is 6.27. The first-order valence-electron chi connectivity index (χ1n) is 9.27. The second-order valence-corrected chi connectivity index (χ2v) is 6.82. The molecule has 0 aliphatic heterocycles. The van der Waals surface area contributed by atoms with Crippen LogP contribution in [0.25, 0.3) is 0 Å². The smallest absolute Gasteiger partial charge is 0.243 e. The van der Waals surface area contributed by atoms with E-state index < -0.39 is 11.8 Å².